The Kier molecular flexibility index (Phi) is 8.44. The van der Waals surface area contributed by atoms with E-state index in [4.69, 9.17) is 4.74 Å². The van der Waals surface area contributed by atoms with Crippen LogP contribution in [0.2, 0.25) is 0 Å². The molecular formula is C19H31N3O5S. The molecule has 0 aromatic heterocycles. The number of benzene rings is 1. The van der Waals surface area contributed by atoms with Crippen LogP contribution in [0, 0.1) is 6.92 Å². The fourth-order valence-corrected chi connectivity index (χ4v) is 4.18. The number of aryl methyl sites for hydroxylation is 1. The zero-order valence-electron chi connectivity index (χ0n) is 17.5. The van der Waals surface area contributed by atoms with Crippen LogP contribution >= 0.6 is 0 Å². The first kappa shape index (κ1) is 23.9. The van der Waals surface area contributed by atoms with Gasteiger partial charge in [-0.25, -0.2) is 13.2 Å². The van der Waals surface area contributed by atoms with Crippen LogP contribution in [0.25, 0.3) is 0 Å². The summed E-state index contributed by atoms with van der Waals surface area (Å²) in [6, 6.07) is 4.77. The Labute approximate surface area is 167 Å². The Bertz CT molecular complexity index is 796. The van der Waals surface area contributed by atoms with E-state index in [2.05, 4.69) is 10.6 Å². The number of carbonyl (C=O) groups excluding carboxylic acids is 2. The number of nitrogens with zero attached hydrogens (tertiary/aromatic N) is 1. The van der Waals surface area contributed by atoms with Crippen LogP contribution in [0.1, 0.15) is 46.6 Å². The molecule has 0 saturated carbocycles. The lowest BCUT2D eigenvalue weighted by Gasteiger charge is -2.20. The summed E-state index contributed by atoms with van der Waals surface area (Å²) >= 11 is 0. The van der Waals surface area contributed by atoms with Gasteiger partial charge in [-0.15, -0.1) is 0 Å². The molecule has 1 aromatic carbocycles. The number of hydrogen-bond acceptors (Lipinski definition) is 5. The Balaban J connectivity index is 2.75. The number of hydrogen-bond donors (Lipinski definition) is 2. The van der Waals surface area contributed by atoms with Gasteiger partial charge >= 0.3 is 6.09 Å². The number of anilines is 1. The van der Waals surface area contributed by atoms with E-state index in [-0.39, 0.29) is 23.8 Å². The summed E-state index contributed by atoms with van der Waals surface area (Å²) < 4.78 is 32.0. The first-order valence-corrected chi connectivity index (χ1v) is 10.7. The molecule has 9 heteroatoms. The third-order valence-electron chi connectivity index (χ3n) is 3.82. The molecule has 0 spiro atoms. The molecular weight excluding hydrogens is 382 g/mol. The fourth-order valence-electron chi connectivity index (χ4n) is 2.47. The molecule has 0 aliphatic carbocycles. The predicted molar refractivity (Wildman–Crippen MR) is 109 cm³/mol. The topological polar surface area (TPSA) is 105 Å². The van der Waals surface area contributed by atoms with E-state index in [0.717, 1.165) is 0 Å². The first-order chi connectivity index (χ1) is 12.9. The average molecular weight is 414 g/mol. The molecule has 0 saturated heterocycles. The molecule has 1 aromatic rings. The molecule has 0 bridgehead atoms. The van der Waals surface area contributed by atoms with Crippen molar-refractivity contribution in [2.45, 2.75) is 58.5 Å². The minimum Gasteiger partial charge on any atom is -0.444 e. The number of alkyl carbamates (subject to hydrolysis) is 1. The smallest absolute Gasteiger partial charge is 0.407 e. The zero-order chi connectivity index (χ0) is 21.5. The molecule has 0 atom stereocenters. The molecule has 1 rings (SSSR count). The maximum atomic E-state index is 12.8. The lowest BCUT2D eigenvalue weighted by Crippen LogP contribution is -2.34. The quantitative estimate of drug-likeness (QED) is 0.682. The van der Waals surface area contributed by atoms with E-state index in [1.807, 2.05) is 0 Å². The number of amides is 2. The number of ether oxygens (including phenoxy) is 1. The highest BCUT2D eigenvalue weighted by molar-refractivity contribution is 7.89. The third-order valence-corrected chi connectivity index (χ3v) is 6.01. The summed E-state index contributed by atoms with van der Waals surface area (Å²) in [6.45, 7) is 11.4. The Morgan fingerprint density at radius 2 is 1.75 bits per heavy atom. The van der Waals surface area contributed by atoms with Crippen molar-refractivity contribution in [1.29, 1.82) is 0 Å². The highest BCUT2D eigenvalue weighted by atomic mass is 32.2. The number of nitrogens with one attached hydrogen (secondary N) is 2. The van der Waals surface area contributed by atoms with Gasteiger partial charge < -0.3 is 15.4 Å². The van der Waals surface area contributed by atoms with Gasteiger partial charge in [0, 0.05) is 31.7 Å². The van der Waals surface area contributed by atoms with Crippen molar-refractivity contribution in [2.75, 3.05) is 25.0 Å². The van der Waals surface area contributed by atoms with Gasteiger partial charge in [-0.05, 0) is 45.4 Å². The van der Waals surface area contributed by atoms with Gasteiger partial charge in [-0.1, -0.05) is 19.9 Å². The van der Waals surface area contributed by atoms with Gasteiger partial charge in [-0.2, -0.15) is 4.31 Å². The van der Waals surface area contributed by atoms with Crippen LogP contribution in [-0.4, -0.2) is 50.0 Å². The van der Waals surface area contributed by atoms with Gasteiger partial charge in [0.2, 0.25) is 15.9 Å². The van der Waals surface area contributed by atoms with E-state index in [1.54, 1.807) is 53.7 Å². The Hall–Kier alpha value is -2.13. The van der Waals surface area contributed by atoms with Gasteiger partial charge in [0.15, 0.2) is 0 Å². The maximum Gasteiger partial charge on any atom is 0.407 e. The first-order valence-electron chi connectivity index (χ1n) is 9.28. The Morgan fingerprint density at radius 1 is 1.14 bits per heavy atom. The van der Waals surface area contributed by atoms with Crippen molar-refractivity contribution in [3.05, 3.63) is 23.8 Å². The van der Waals surface area contributed by atoms with Crippen LogP contribution in [0.15, 0.2) is 23.1 Å². The monoisotopic (exact) mass is 413 g/mol. The van der Waals surface area contributed by atoms with E-state index in [9.17, 15) is 18.0 Å². The second kappa shape index (κ2) is 9.88. The maximum absolute atomic E-state index is 12.8. The largest absolute Gasteiger partial charge is 0.444 e. The van der Waals surface area contributed by atoms with Crippen molar-refractivity contribution >= 4 is 27.7 Å². The average Bonchev–Trinajstić information content (AvgIpc) is 2.55. The fraction of sp³-hybridized carbons (Fsp3) is 0.579. The van der Waals surface area contributed by atoms with Crippen LogP contribution in [-0.2, 0) is 19.6 Å². The van der Waals surface area contributed by atoms with E-state index in [0.29, 0.717) is 24.3 Å². The van der Waals surface area contributed by atoms with Crippen molar-refractivity contribution < 1.29 is 22.7 Å². The molecule has 0 aliphatic heterocycles. The molecule has 0 radical (unpaired) electrons. The predicted octanol–water partition coefficient (Wildman–Crippen LogP) is 2.88. The normalized spacial score (nSPS) is 12.0. The highest BCUT2D eigenvalue weighted by Gasteiger charge is 2.24. The lowest BCUT2D eigenvalue weighted by molar-refractivity contribution is -0.116. The molecule has 0 unspecified atom stereocenters. The summed E-state index contributed by atoms with van der Waals surface area (Å²) in [5.41, 5.74) is 0.385. The Morgan fingerprint density at radius 3 is 2.29 bits per heavy atom. The standard InChI is InChI=1S/C19H31N3O5S/c1-7-22(8-2)28(25,26)16-13-15(10-9-14(16)3)21-17(23)11-12-20-18(24)27-19(4,5)6/h9-10,13H,7-8,11-12H2,1-6H3,(H,20,24)(H,21,23). The van der Waals surface area contributed by atoms with Crippen LogP contribution < -0.4 is 10.6 Å². The summed E-state index contributed by atoms with van der Waals surface area (Å²) in [5, 5.41) is 5.17. The highest BCUT2D eigenvalue weighted by Crippen LogP contribution is 2.23. The molecule has 0 heterocycles. The van der Waals surface area contributed by atoms with Crippen molar-refractivity contribution in [3.63, 3.8) is 0 Å². The van der Waals surface area contributed by atoms with E-state index < -0.39 is 21.7 Å². The summed E-state index contributed by atoms with van der Waals surface area (Å²) in [6.07, 6.45) is -0.561. The van der Waals surface area contributed by atoms with E-state index >= 15 is 0 Å². The van der Waals surface area contributed by atoms with Gasteiger partial charge in [0.25, 0.3) is 0 Å². The summed E-state index contributed by atoms with van der Waals surface area (Å²) in [5.74, 6) is -0.342. The number of carbonyl (C=O) groups is 2. The third kappa shape index (κ3) is 7.12. The summed E-state index contributed by atoms with van der Waals surface area (Å²) in [4.78, 5) is 23.9. The van der Waals surface area contributed by atoms with Crippen molar-refractivity contribution in [1.82, 2.24) is 9.62 Å². The van der Waals surface area contributed by atoms with Gasteiger partial charge in [-0.3, -0.25) is 4.79 Å². The molecule has 158 valence electrons. The van der Waals surface area contributed by atoms with Gasteiger partial charge in [0.1, 0.15) is 5.60 Å². The lowest BCUT2D eigenvalue weighted by atomic mass is 10.2. The molecule has 2 amide bonds. The minimum atomic E-state index is -3.63. The molecule has 0 aliphatic rings. The van der Waals surface area contributed by atoms with Crippen LogP contribution in [0.4, 0.5) is 10.5 Å². The van der Waals surface area contributed by atoms with Crippen molar-refractivity contribution in [2.24, 2.45) is 0 Å². The summed E-state index contributed by atoms with van der Waals surface area (Å²) in [7, 11) is -3.63. The minimum absolute atomic E-state index is 0.0330. The second-order valence-corrected chi connectivity index (χ2v) is 9.20. The SMILES string of the molecule is CCN(CC)S(=O)(=O)c1cc(NC(=O)CCNC(=O)OC(C)(C)C)ccc1C. The van der Waals surface area contributed by atoms with Crippen LogP contribution in [0.5, 0.6) is 0 Å². The molecule has 8 nitrogen and oxygen atoms in total. The van der Waals surface area contributed by atoms with Crippen molar-refractivity contribution in [3.8, 4) is 0 Å². The zero-order valence-corrected chi connectivity index (χ0v) is 18.3. The van der Waals surface area contributed by atoms with E-state index in [1.165, 1.54) is 10.4 Å². The number of sulfonamides is 1. The molecule has 28 heavy (non-hydrogen) atoms. The molecule has 0 fully saturated rings. The van der Waals surface area contributed by atoms with Crippen LogP contribution in [0.3, 0.4) is 0 Å². The molecule has 2 N–H and O–H groups in total. The number of rotatable bonds is 8. The second-order valence-electron chi connectivity index (χ2n) is 7.30. The van der Waals surface area contributed by atoms with Gasteiger partial charge in [0.05, 0.1) is 4.90 Å².